The standard InChI is InChI=1S/C15H24N2O2S/c1-5-15(6-2,20-4)10-17-12-9-7-8-11(13(12)16)14(18)19-3/h7-9,17H,5-6,10,16H2,1-4H3. The SMILES string of the molecule is CCC(CC)(CNc1cccc(C(=O)OC)c1N)SC. The molecule has 0 amide bonds. The number of esters is 1. The Morgan fingerprint density at radius 2 is 2.05 bits per heavy atom. The van der Waals surface area contributed by atoms with Crippen LogP contribution in [-0.2, 0) is 4.74 Å². The lowest BCUT2D eigenvalue weighted by Gasteiger charge is -2.30. The molecule has 3 N–H and O–H groups in total. The summed E-state index contributed by atoms with van der Waals surface area (Å²) < 4.78 is 4.92. The molecule has 0 heterocycles. The number of thioether (sulfide) groups is 1. The molecule has 0 aliphatic heterocycles. The van der Waals surface area contributed by atoms with Crippen LogP contribution in [0.25, 0.3) is 0 Å². The van der Waals surface area contributed by atoms with E-state index in [9.17, 15) is 4.79 Å². The maximum absolute atomic E-state index is 11.6. The number of nitrogens with two attached hydrogens (primary N) is 1. The number of hydrogen-bond acceptors (Lipinski definition) is 5. The number of hydrogen-bond donors (Lipinski definition) is 2. The summed E-state index contributed by atoms with van der Waals surface area (Å²) >= 11 is 1.86. The Hall–Kier alpha value is -1.36. The highest BCUT2D eigenvalue weighted by molar-refractivity contribution is 8.00. The van der Waals surface area contributed by atoms with Gasteiger partial charge in [0.25, 0.3) is 0 Å². The lowest BCUT2D eigenvalue weighted by molar-refractivity contribution is 0.0602. The van der Waals surface area contributed by atoms with Crippen LogP contribution in [0, 0.1) is 0 Å². The van der Waals surface area contributed by atoms with E-state index in [4.69, 9.17) is 10.5 Å². The van der Waals surface area contributed by atoms with Crippen molar-refractivity contribution in [2.75, 3.05) is 31.0 Å². The normalized spacial score (nSPS) is 11.2. The molecule has 0 saturated carbocycles. The Bertz CT molecular complexity index is 451. The number of anilines is 2. The van der Waals surface area contributed by atoms with Gasteiger partial charge in [-0.15, -0.1) is 0 Å². The van der Waals surface area contributed by atoms with Crippen molar-refractivity contribution in [3.05, 3.63) is 23.8 Å². The largest absolute Gasteiger partial charge is 0.465 e. The first-order valence-corrected chi connectivity index (χ1v) is 8.01. The van der Waals surface area contributed by atoms with Crippen LogP contribution in [0.1, 0.15) is 37.0 Å². The van der Waals surface area contributed by atoms with E-state index < -0.39 is 5.97 Å². The first-order chi connectivity index (χ1) is 9.53. The van der Waals surface area contributed by atoms with E-state index in [2.05, 4.69) is 25.4 Å². The summed E-state index contributed by atoms with van der Waals surface area (Å²) in [4.78, 5) is 11.6. The second-order valence-corrected chi connectivity index (χ2v) is 5.98. The quantitative estimate of drug-likeness (QED) is 0.596. The molecule has 0 radical (unpaired) electrons. The molecule has 0 aliphatic rings. The summed E-state index contributed by atoms with van der Waals surface area (Å²) in [7, 11) is 1.36. The molecule has 1 aromatic rings. The van der Waals surface area contributed by atoms with Crippen LogP contribution >= 0.6 is 11.8 Å². The van der Waals surface area contributed by atoms with Crippen molar-refractivity contribution in [3.63, 3.8) is 0 Å². The number of rotatable bonds is 7. The molecule has 112 valence electrons. The van der Waals surface area contributed by atoms with Crippen LogP contribution in [0.2, 0.25) is 0 Å². The molecule has 0 fully saturated rings. The Kier molecular flexibility index (Phi) is 6.20. The number of para-hydroxylation sites is 1. The maximum atomic E-state index is 11.6. The zero-order valence-corrected chi connectivity index (χ0v) is 13.5. The molecule has 0 bridgehead atoms. The van der Waals surface area contributed by atoms with E-state index >= 15 is 0 Å². The van der Waals surface area contributed by atoms with E-state index in [1.165, 1.54) is 7.11 Å². The van der Waals surface area contributed by atoms with Crippen molar-refractivity contribution >= 4 is 29.1 Å². The van der Waals surface area contributed by atoms with Gasteiger partial charge in [-0.3, -0.25) is 0 Å². The Morgan fingerprint density at radius 3 is 2.55 bits per heavy atom. The predicted octanol–water partition coefficient (Wildman–Crippen LogP) is 3.39. The van der Waals surface area contributed by atoms with Crippen molar-refractivity contribution in [2.24, 2.45) is 0 Å². The summed E-state index contributed by atoms with van der Waals surface area (Å²) in [5, 5.41) is 3.37. The second-order valence-electron chi connectivity index (χ2n) is 4.71. The van der Waals surface area contributed by atoms with E-state index in [1.54, 1.807) is 6.07 Å². The van der Waals surface area contributed by atoms with Crippen LogP contribution in [0.3, 0.4) is 0 Å². The van der Waals surface area contributed by atoms with Gasteiger partial charge >= 0.3 is 5.97 Å². The van der Waals surface area contributed by atoms with Crippen LogP contribution < -0.4 is 11.1 Å². The Morgan fingerprint density at radius 1 is 1.40 bits per heavy atom. The van der Waals surface area contributed by atoms with E-state index in [0.717, 1.165) is 25.1 Å². The Balaban J connectivity index is 2.91. The van der Waals surface area contributed by atoms with E-state index in [1.807, 2.05) is 23.9 Å². The summed E-state index contributed by atoms with van der Waals surface area (Å²) in [6.07, 6.45) is 4.28. The summed E-state index contributed by atoms with van der Waals surface area (Å²) in [6.45, 7) is 5.20. The second kappa shape index (κ2) is 7.43. The van der Waals surface area contributed by atoms with Gasteiger partial charge in [0.15, 0.2) is 0 Å². The number of nitrogens with one attached hydrogen (secondary N) is 1. The smallest absolute Gasteiger partial charge is 0.340 e. The number of carbonyl (C=O) groups excluding carboxylic acids is 1. The third-order valence-corrected chi connectivity index (χ3v) is 5.42. The van der Waals surface area contributed by atoms with E-state index in [0.29, 0.717) is 11.3 Å². The van der Waals surface area contributed by atoms with Gasteiger partial charge in [-0.25, -0.2) is 4.79 Å². The van der Waals surface area contributed by atoms with Crippen molar-refractivity contribution in [3.8, 4) is 0 Å². The summed E-state index contributed by atoms with van der Waals surface area (Å²) in [6, 6.07) is 5.37. The molecule has 0 aromatic heterocycles. The van der Waals surface area contributed by atoms with Gasteiger partial charge in [0, 0.05) is 11.3 Å². The number of methoxy groups -OCH3 is 1. The van der Waals surface area contributed by atoms with Crippen LogP contribution in [0.15, 0.2) is 18.2 Å². The van der Waals surface area contributed by atoms with Crippen molar-refractivity contribution in [1.82, 2.24) is 0 Å². The monoisotopic (exact) mass is 296 g/mol. The fraction of sp³-hybridized carbons (Fsp3) is 0.533. The topological polar surface area (TPSA) is 64.3 Å². The molecule has 0 unspecified atom stereocenters. The molecule has 20 heavy (non-hydrogen) atoms. The maximum Gasteiger partial charge on any atom is 0.340 e. The van der Waals surface area contributed by atoms with Crippen molar-refractivity contribution in [1.29, 1.82) is 0 Å². The highest BCUT2D eigenvalue weighted by Gasteiger charge is 2.25. The van der Waals surface area contributed by atoms with Gasteiger partial charge in [-0.1, -0.05) is 19.9 Å². The first-order valence-electron chi connectivity index (χ1n) is 6.79. The van der Waals surface area contributed by atoms with Gasteiger partial charge in [-0.05, 0) is 31.2 Å². The number of carbonyl (C=O) groups is 1. The number of nitrogen functional groups attached to an aromatic ring is 1. The zero-order valence-electron chi connectivity index (χ0n) is 12.7. The molecular formula is C15H24N2O2S. The average molecular weight is 296 g/mol. The summed E-state index contributed by atoms with van der Waals surface area (Å²) in [5.41, 5.74) is 7.68. The Labute approximate surface area is 125 Å². The first kappa shape index (κ1) is 16.7. The minimum Gasteiger partial charge on any atom is -0.465 e. The molecule has 0 atom stereocenters. The molecule has 1 aromatic carbocycles. The third kappa shape index (κ3) is 3.60. The van der Waals surface area contributed by atoms with Gasteiger partial charge in [-0.2, -0.15) is 11.8 Å². The van der Waals surface area contributed by atoms with E-state index in [-0.39, 0.29) is 4.75 Å². The minimum absolute atomic E-state index is 0.188. The molecule has 4 nitrogen and oxygen atoms in total. The molecule has 0 aliphatic carbocycles. The molecule has 0 spiro atoms. The predicted molar refractivity (Wildman–Crippen MR) is 87.5 cm³/mol. The minimum atomic E-state index is -0.409. The molecule has 1 rings (SSSR count). The number of ether oxygens (including phenoxy) is 1. The van der Waals surface area contributed by atoms with Crippen molar-refractivity contribution < 1.29 is 9.53 Å². The third-order valence-electron chi connectivity index (χ3n) is 3.83. The lowest BCUT2D eigenvalue weighted by Crippen LogP contribution is -2.32. The van der Waals surface area contributed by atoms with Crippen molar-refractivity contribution in [2.45, 2.75) is 31.4 Å². The lowest BCUT2D eigenvalue weighted by atomic mass is 10.0. The highest BCUT2D eigenvalue weighted by atomic mass is 32.2. The number of benzene rings is 1. The summed E-state index contributed by atoms with van der Waals surface area (Å²) in [5.74, 6) is -0.409. The average Bonchev–Trinajstić information content (AvgIpc) is 2.49. The van der Waals surface area contributed by atoms with Crippen LogP contribution in [0.5, 0.6) is 0 Å². The fourth-order valence-corrected chi connectivity index (χ4v) is 2.92. The molecule has 5 heteroatoms. The van der Waals surface area contributed by atoms with Crippen LogP contribution in [0.4, 0.5) is 11.4 Å². The van der Waals surface area contributed by atoms with Gasteiger partial charge in [0.2, 0.25) is 0 Å². The van der Waals surface area contributed by atoms with Gasteiger partial charge < -0.3 is 15.8 Å². The van der Waals surface area contributed by atoms with Gasteiger partial charge in [0.1, 0.15) is 0 Å². The molecular weight excluding hydrogens is 272 g/mol. The fourth-order valence-electron chi connectivity index (χ4n) is 2.12. The highest BCUT2D eigenvalue weighted by Crippen LogP contribution is 2.32. The van der Waals surface area contributed by atoms with Gasteiger partial charge in [0.05, 0.1) is 24.0 Å². The van der Waals surface area contributed by atoms with Crippen LogP contribution in [-0.4, -0.2) is 30.6 Å². The zero-order chi connectivity index (χ0) is 15.2. The molecule has 0 saturated heterocycles.